The predicted molar refractivity (Wildman–Crippen MR) is 142 cm³/mol. The van der Waals surface area contributed by atoms with Gasteiger partial charge in [0.1, 0.15) is 17.1 Å². The number of hydrogen-bond acceptors (Lipinski definition) is 9. The van der Waals surface area contributed by atoms with Crippen molar-refractivity contribution in [3.05, 3.63) is 70.6 Å². The van der Waals surface area contributed by atoms with Crippen LogP contribution in [0.15, 0.2) is 63.8 Å². The molecule has 2 aromatic carbocycles. The van der Waals surface area contributed by atoms with Gasteiger partial charge in [-0.15, -0.1) is 10.2 Å². The highest BCUT2D eigenvalue weighted by Crippen LogP contribution is 2.32. The van der Waals surface area contributed by atoms with Crippen molar-refractivity contribution in [1.29, 1.82) is 0 Å². The van der Waals surface area contributed by atoms with E-state index in [1.165, 1.54) is 0 Å². The number of methoxy groups -OCH3 is 2. The van der Waals surface area contributed by atoms with Crippen molar-refractivity contribution in [2.45, 2.75) is 6.92 Å². The molecule has 0 unspecified atom stereocenters. The highest BCUT2D eigenvalue weighted by Gasteiger charge is 2.26. The zero-order chi connectivity index (χ0) is 26.6. The first-order chi connectivity index (χ1) is 18.5. The molecule has 0 bridgehead atoms. The third-order valence-corrected chi connectivity index (χ3v) is 6.48. The smallest absolute Gasteiger partial charge is 0.349 e. The van der Waals surface area contributed by atoms with Crippen molar-refractivity contribution in [2.24, 2.45) is 0 Å². The lowest BCUT2D eigenvalue weighted by molar-refractivity contribution is 0.0742. The second-order valence-corrected chi connectivity index (χ2v) is 8.68. The van der Waals surface area contributed by atoms with Gasteiger partial charge < -0.3 is 28.4 Å². The fraction of sp³-hybridized carbons (Fsp3) is 0.286. The Hall–Kier alpha value is -4.60. The van der Waals surface area contributed by atoms with Gasteiger partial charge >= 0.3 is 5.63 Å². The first-order valence-electron chi connectivity index (χ1n) is 12.3. The zero-order valence-corrected chi connectivity index (χ0v) is 21.5. The van der Waals surface area contributed by atoms with Crippen molar-refractivity contribution in [3.8, 4) is 28.5 Å². The van der Waals surface area contributed by atoms with E-state index in [0.717, 1.165) is 5.56 Å². The van der Waals surface area contributed by atoms with Crippen LogP contribution in [0.2, 0.25) is 0 Å². The summed E-state index contributed by atoms with van der Waals surface area (Å²) < 4.78 is 21.8. The highest BCUT2D eigenvalue weighted by atomic mass is 16.5. The lowest BCUT2D eigenvalue weighted by atomic mass is 10.1. The van der Waals surface area contributed by atoms with Gasteiger partial charge in [0.15, 0.2) is 17.2 Å². The van der Waals surface area contributed by atoms with Gasteiger partial charge in [-0.25, -0.2) is 4.79 Å². The Bertz CT molecular complexity index is 1510. The Morgan fingerprint density at radius 2 is 1.76 bits per heavy atom. The maximum Gasteiger partial charge on any atom is 0.349 e. The number of carbonyl (C=O) groups excluding carboxylic acids is 1. The number of rotatable bonds is 7. The number of nitrogens with zero attached hydrogens (tertiary/aromatic N) is 4. The van der Waals surface area contributed by atoms with Crippen LogP contribution in [0.3, 0.4) is 0 Å². The van der Waals surface area contributed by atoms with Gasteiger partial charge in [0, 0.05) is 37.1 Å². The van der Waals surface area contributed by atoms with E-state index in [2.05, 4.69) is 15.1 Å². The first kappa shape index (κ1) is 25.1. The molecule has 10 heteroatoms. The van der Waals surface area contributed by atoms with Gasteiger partial charge in [-0.3, -0.25) is 4.79 Å². The fourth-order valence-electron chi connectivity index (χ4n) is 4.50. The average molecular weight is 517 g/mol. The predicted octanol–water partition coefficient (Wildman–Crippen LogP) is 3.63. The van der Waals surface area contributed by atoms with Crippen LogP contribution in [-0.2, 0) is 0 Å². The lowest BCUT2D eigenvalue weighted by Crippen LogP contribution is -2.49. The third kappa shape index (κ3) is 4.84. The van der Waals surface area contributed by atoms with E-state index in [4.69, 9.17) is 18.6 Å². The number of carbonyl (C=O) groups is 1. The summed E-state index contributed by atoms with van der Waals surface area (Å²) in [5, 5.41) is 9.45. The van der Waals surface area contributed by atoms with Crippen molar-refractivity contribution >= 4 is 22.7 Å². The molecule has 4 aromatic rings. The van der Waals surface area contributed by atoms with Crippen LogP contribution in [0.4, 0.5) is 5.82 Å². The minimum Gasteiger partial charge on any atom is -0.497 e. The van der Waals surface area contributed by atoms with E-state index in [1.54, 1.807) is 43.4 Å². The van der Waals surface area contributed by atoms with Crippen LogP contribution in [0, 0.1) is 0 Å². The number of piperazine rings is 1. The van der Waals surface area contributed by atoms with Gasteiger partial charge in [0.2, 0.25) is 0 Å². The van der Waals surface area contributed by atoms with Gasteiger partial charge in [0.05, 0.1) is 26.5 Å². The SMILES string of the molecule is CCOc1cccc2cc(C(=O)N3CCN(c4ccc(-c5cc(OC)ccc5OC)nn4)CC3)c(=O)oc12. The normalized spacial score (nSPS) is 13.4. The van der Waals surface area contributed by atoms with E-state index in [-0.39, 0.29) is 11.5 Å². The molecule has 2 aromatic heterocycles. The van der Waals surface area contributed by atoms with Crippen LogP contribution in [0.5, 0.6) is 17.2 Å². The molecule has 3 heterocycles. The number of ether oxygens (including phenoxy) is 3. The van der Waals surface area contributed by atoms with Gasteiger partial charge in [-0.2, -0.15) is 0 Å². The summed E-state index contributed by atoms with van der Waals surface area (Å²) >= 11 is 0. The second-order valence-electron chi connectivity index (χ2n) is 8.68. The number of hydrogen-bond donors (Lipinski definition) is 0. The summed E-state index contributed by atoms with van der Waals surface area (Å²) in [4.78, 5) is 29.6. The van der Waals surface area contributed by atoms with E-state index >= 15 is 0 Å². The molecule has 1 aliphatic rings. The molecule has 1 fully saturated rings. The molecule has 1 amide bonds. The minimum absolute atomic E-state index is 0.0102. The van der Waals surface area contributed by atoms with Crippen molar-refractivity contribution in [2.75, 3.05) is 51.9 Å². The molecule has 10 nitrogen and oxygen atoms in total. The van der Waals surface area contributed by atoms with Crippen LogP contribution in [-0.4, -0.2) is 68.0 Å². The molecule has 0 radical (unpaired) electrons. The van der Waals surface area contributed by atoms with E-state index in [1.807, 2.05) is 37.3 Å². The number of aromatic nitrogens is 2. The van der Waals surface area contributed by atoms with Crippen LogP contribution < -0.4 is 24.7 Å². The van der Waals surface area contributed by atoms with E-state index < -0.39 is 5.63 Å². The Kier molecular flexibility index (Phi) is 7.12. The summed E-state index contributed by atoms with van der Waals surface area (Å²) in [5.41, 5.74) is 1.12. The van der Waals surface area contributed by atoms with Crippen LogP contribution in [0.25, 0.3) is 22.2 Å². The molecule has 0 N–H and O–H groups in total. The second kappa shape index (κ2) is 10.8. The summed E-state index contributed by atoms with van der Waals surface area (Å²) in [6, 6.07) is 16.2. The van der Waals surface area contributed by atoms with Gasteiger partial charge in [-0.05, 0) is 49.4 Å². The Balaban J connectivity index is 1.28. The molecular formula is C28H28N4O6. The van der Waals surface area contributed by atoms with Crippen LogP contribution >= 0.6 is 0 Å². The standard InChI is InChI=1S/C28H28N4O6/c1-4-37-24-7-5-6-18-16-21(28(34)38-26(18)24)27(33)32-14-12-31(13-15-32)25-11-9-22(29-30-25)20-17-19(35-2)8-10-23(20)36-3/h5-11,16-17H,4,12-15H2,1-3H3. The molecule has 196 valence electrons. The number of fused-ring (bicyclic) bond motifs is 1. The van der Waals surface area contributed by atoms with Crippen molar-refractivity contribution in [1.82, 2.24) is 15.1 Å². The monoisotopic (exact) mass is 516 g/mol. The summed E-state index contributed by atoms with van der Waals surface area (Å²) in [6.07, 6.45) is 0. The maximum atomic E-state index is 13.2. The maximum absolute atomic E-state index is 13.2. The molecule has 0 saturated carbocycles. The number of amides is 1. The molecule has 0 aliphatic carbocycles. The topological polar surface area (TPSA) is 107 Å². The highest BCUT2D eigenvalue weighted by molar-refractivity contribution is 5.97. The molecular weight excluding hydrogens is 488 g/mol. The van der Waals surface area contributed by atoms with Gasteiger partial charge in [-0.1, -0.05) is 12.1 Å². The van der Waals surface area contributed by atoms with E-state index in [9.17, 15) is 9.59 Å². The number of benzene rings is 2. The van der Waals surface area contributed by atoms with Crippen LogP contribution in [0.1, 0.15) is 17.3 Å². The molecule has 1 saturated heterocycles. The fourth-order valence-corrected chi connectivity index (χ4v) is 4.50. The lowest BCUT2D eigenvalue weighted by Gasteiger charge is -2.35. The van der Waals surface area contributed by atoms with Gasteiger partial charge in [0.25, 0.3) is 5.91 Å². The van der Waals surface area contributed by atoms with Crippen molar-refractivity contribution < 1.29 is 23.4 Å². The minimum atomic E-state index is -0.675. The Labute approximate surface area is 219 Å². The summed E-state index contributed by atoms with van der Waals surface area (Å²) in [7, 11) is 3.21. The zero-order valence-electron chi connectivity index (χ0n) is 21.5. The largest absolute Gasteiger partial charge is 0.497 e. The molecule has 1 aliphatic heterocycles. The molecule has 0 atom stereocenters. The summed E-state index contributed by atoms with van der Waals surface area (Å²) in [6.45, 7) is 4.26. The molecule has 38 heavy (non-hydrogen) atoms. The average Bonchev–Trinajstić information content (AvgIpc) is 2.97. The Morgan fingerprint density at radius 3 is 2.45 bits per heavy atom. The quantitative estimate of drug-likeness (QED) is 0.340. The van der Waals surface area contributed by atoms with Crippen molar-refractivity contribution in [3.63, 3.8) is 0 Å². The Morgan fingerprint density at radius 1 is 0.947 bits per heavy atom. The van der Waals surface area contributed by atoms with E-state index in [0.29, 0.717) is 72.5 Å². The number of para-hydroxylation sites is 1. The first-order valence-corrected chi connectivity index (χ1v) is 12.3. The summed E-state index contributed by atoms with van der Waals surface area (Å²) in [5.74, 6) is 2.20. The molecule has 0 spiro atoms. The third-order valence-electron chi connectivity index (χ3n) is 6.48. The molecule has 5 rings (SSSR count). The number of anilines is 1.